The Bertz CT molecular complexity index is 4.00. The summed E-state index contributed by atoms with van der Waals surface area (Å²) in [6.45, 7) is 0. The van der Waals surface area contributed by atoms with E-state index in [9.17, 15) is 0 Å². The van der Waals surface area contributed by atoms with Crippen molar-refractivity contribution in [1.29, 1.82) is 0 Å². The van der Waals surface area contributed by atoms with Gasteiger partial charge in [0.15, 0.2) is 0 Å². The molecule has 0 aliphatic rings. The second kappa shape index (κ2) is 17.8. The van der Waals surface area contributed by atoms with E-state index in [-0.39, 0.29) is 87.0 Å². The molecule has 0 bridgehead atoms. The standard InChI is InChI=1S/2Ce.2O/q+1;+4;;-2. The molecule has 0 fully saturated rings. The van der Waals surface area contributed by atoms with E-state index in [1.54, 1.807) is 0 Å². The molecule has 0 aromatic rings. The third-order valence-corrected chi connectivity index (χ3v) is 0. The second-order valence-corrected chi connectivity index (χ2v) is 0. The second-order valence-electron chi connectivity index (χ2n) is 0. The summed E-state index contributed by atoms with van der Waals surface area (Å²) in [4.78, 5) is 0. The van der Waals surface area contributed by atoms with Crippen molar-refractivity contribution >= 4 is 0 Å². The Morgan fingerprint density at radius 1 is 1.25 bits per heavy atom. The van der Waals surface area contributed by atoms with Crippen LogP contribution in [0.1, 0.15) is 0 Å². The first-order valence-electron chi connectivity index (χ1n) is 0.204. The molecule has 0 amide bonds. The van der Waals surface area contributed by atoms with E-state index in [1.165, 1.54) is 0 Å². The molecule has 0 spiro atoms. The molecule has 0 aromatic carbocycles. The van der Waals surface area contributed by atoms with Crippen LogP contribution in [0.5, 0.6) is 0 Å². The summed E-state index contributed by atoms with van der Waals surface area (Å²) >= 11 is 0.0556. The molecule has 0 rings (SSSR count). The van der Waals surface area contributed by atoms with Crippen molar-refractivity contribution in [2.24, 2.45) is 0 Å². The maximum absolute atomic E-state index is 8.39. The predicted molar refractivity (Wildman–Crippen MR) is 1.37 cm³/mol. The molecule has 0 aromatic heterocycles. The van der Waals surface area contributed by atoms with Gasteiger partial charge in [-0.05, 0) is 0 Å². The summed E-state index contributed by atoms with van der Waals surface area (Å²) in [5.74, 6) is 0. The van der Waals surface area contributed by atoms with Gasteiger partial charge in [-0.25, -0.2) is 0 Å². The quantitative estimate of drug-likeness (QED) is 0.609. The molecule has 0 aliphatic carbocycles. The Hall–Kier alpha value is 2.51. The Morgan fingerprint density at radius 3 is 1.25 bits per heavy atom. The summed E-state index contributed by atoms with van der Waals surface area (Å²) < 4.78 is 8.39. The van der Waals surface area contributed by atoms with Crippen molar-refractivity contribution in [3.05, 3.63) is 0 Å². The van der Waals surface area contributed by atoms with Gasteiger partial charge in [-0.15, -0.1) is 0 Å². The minimum atomic E-state index is 0. The molecule has 0 radical (unpaired) electrons. The third kappa shape index (κ3) is 8.82. The monoisotopic (exact) mass is 312 g/mol. The molecule has 0 saturated carbocycles. The van der Waals surface area contributed by atoms with E-state index in [0.29, 0.717) is 0 Å². The molecule has 0 heterocycles. The van der Waals surface area contributed by atoms with Crippen molar-refractivity contribution in [3.63, 3.8) is 0 Å². The van der Waals surface area contributed by atoms with Crippen LogP contribution in [0.2, 0.25) is 0 Å². The van der Waals surface area contributed by atoms with Crippen LogP contribution in [-0.2, 0) is 6.41 Å². The van der Waals surface area contributed by atoms with Crippen LogP contribution in [0.3, 0.4) is 0 Å². The molecule has 0 unspecified atom stereocenters. The molecule has 2 nitrogen and oxygen atoms in total. The fourth-order valence-electron chi connectivity index (χ4n) is 0. The molecule has 0 aliphatic heterocycles. The molecular formula is Ce2O2+3. The molecule has 0 saturated heterocycles. The van der Waals surface area contributed by atoms with Crippen LogP contribution in [0.15, 0.2) is 0 Å². The third-order valence-electron chi connectivity index (χ3n) is 0. The SMILES string of the molecule is [Ce+4].[O-2].[O]=[Ce+]. The Morgan fingerprint density at radius 2 is 1.25 bits per heavy atom. The molecule has 0 atom stereocenters. The van der Waals surface area contributed by atoms with E-state index in [1.807, 2.05) is 0 Å². The molecule has 0 N–H and O–H groups in total. The van der Waals surface area contributed by atoms with Crippen LogP contribution in [-0.4, -0.2) is 0 Å². The number of hydrogen-bond acceptors (Lipinski definition) is 1. The molecule has 4 heavy (non-hydrogen) atoms. The van der Waals surface area contributed by atoms with Crippen LogP contribution < -0.4 is 0 Å². The summed E-state index contributed by atoms with van der Waals surface area (Å²) in [6.07, 6.45) is 0. The van der Waals surface area contributed by atoms with Gasteiger partial charge < -0.3 is 5.48 Å². The van der Waals surface area contributed by atoms with E-state index in [4.69, 9.17) is 0.938 Å². The predicted octanol–water partition coefficient (Wildman–Crippen LogP) is -0.238. The van der Waals surface area contributed by atoms with Crippen LogP contribution >= 0.6 is 0 Å². The minimum absolute atomic E-state index is 0. The Balaban J connectivity index is -0.00000000500. The average molecular weight is 312 g/mol. The average Bonchev–Trinajstić information content (AvgIpc) is 1.00. The van der Waals surface area contributed by atoms with Gasteiger partial charge in [-0.3, -0.25) is 0 Å². The zero-order chi connectivity index (χ0) is 2.00. The fraction of sp³-hybridized carbons (Fsp3) is 0. The van der Waals surface area contributed by atoms with E-state index < -0.39 is 0 Å². The van der Waals surface area contributed by atoms with Gasteiger partial charge >= 0.3 is 82.5 Å². The van der Waals surface area contributed by atoms with Crippen molar-refractivity contribution in [3.8, 4) is 0 Å². The van der Waals surface area contributed by atoms with Gasteiger partial charge in [-0.2, -0.15) is 0 Å². The number of hydrogen-bond donors (Lipinski definition) is 0. The van der Waals surface area contributed by atoms with Gasteiger partial charge in [0.05, 0.1) is 0 Å². The summed E-state index contributed by atoms with van der Waals surface area (Å²) in [5, 5.41) is 0. The van der Waals surface area contributed by atoms with Gasteiger partial charge in [0.1, 0.15) is 0 Å². The molecular weight excluding hydrogens is 312 g/mol. The van der Waals surface area contributed by atoms with Crippen molar-refractivity contribution < 1.29 is 87.9 Å². The molecule has 17 valence electrons. The topological polar surface area (TPSA) is 45.6 Å². The van der Waals surface area contributed by atoms with Crippen LogP contribution in [0.25, 0.3) is 0 Å². The zero-order valence-electron chi connectivity index (χ0n) is 1.82. The summed E-state index contributed by atoms with van der Waals surface area (Å²) in [6, 6.07) is 0. The number of rotatable bonds is 0. The van der Waals surface area contributed by atoms with Crippen molar-refractivity contribution in [2.75, 3.05) is 0 Å². The van der Waals surface area contributed by atoms with Crippen molar-refractivity contribution in [1.82, 2.24) is 0 Å². The van der Waals surface area contributed by atoms with Crippen LogP contribution in [0.4, 0.5) is 0 Å². The molecule has 4 heteroatoms. The first-order valence-corrected chi connectivity index (χ1v) is 1.49. The summed E-state index contributed by atoms with van der Waals surface area (Å²) in [5.41, 5.74) is 0. The van der Waals surface area contributed by atoms with Gasteiger partial charge in [0.25, 0.3) is 0 Å². The Kier molecular flexibility index (Phi) is 71.3. The first-order chi connectivity index (χ1) is 1.00. The summed E-state index contributed by atoms with van der Waals surface area (Å²) in [7, 11) is 0. The Labute approximate surface area is 85.6 Å². The van der Waals surface area contributed by atoms with Gasteiger partial charge in [0, 0.05) is 0 Å². The van der Waals surface area contributed by atoms with Gasteiger partial charge in [-0.1, -0.05) is 0 Å². The maximum atomic E-state index is 8.39. The normalized spacial score (nSPS) is 1.50. The van der Waals surface area contributed by atoms with Gasteiger partial charge in [0.2, 0.25) is 0 Å². The fourth-order valence-corrected chi connectivity index (χ4v) is 0. The van der Waals surface area contributed by atoms with E-state index >= 15 is 0 Å². The van der Waals surface area contributed by atoms with E-state index in [2.05, 4.69) is 0 Å². The van der Waals surface area contributed by atoms with Crippen LogP contribution in [0, 0.1) is 81.5 Å². The first kappa shape index (κ1) is 16.0. The van der Waals surface area contributed by atoms with Crippen molar-refractivity contribution in [2.45, 2.75) is 0 Å². The van der Waals surface area contributed by atoms with E-state index in [0.717, 1.165) is 0 Å². The zero-order valence-corrected chi connectivity index (χ0v) is 8.10.